The van der Waals surface area contributed by atoms with Gasteiger partial charge in [-0.15, -0.1) is 11.6 Å². The largest absolute Gasteiger partial charge is 0.494 e. The van der Waals surface area contributed by atoms with Crippen molar-refractivity contribution in [1.82, 2.24) is 14.5 Å². The lowest BCUT2D eigenvalue weighted by molar-refractivity contribution is -0.129. The first-order valence-electron chi connectivity index (χ1n) is 7.02. The highest BCUT2D eigenvalue weighted by Gasteiger charge is 2.33. The summed E-state index contributed by atoms with van der Waals surface area (Å²) in [6.45, 7) is 0.771. The van der Waals surface area contributed by atoms with Gasteiger partial charge in [0.25, 0.3) is 0 Å². The smallest absolute Gasteiger partial charge is 0.245 e. The first kappa shape index (κ1) is 14.2. The number of nitrogens with zero attached hydrogens (tertiary/aromatic N) is 3. The number of para-hydroxylation sites is 1. The number of hydrogen-bond donors (Lipinski definition) is 0. The second-order valence-electron chi connectivity index (χ2n) is 5.23. The minimum Gasteiger partial charge on any atom is -0.494 e. The number of alkyl halides is 1. The molecule has 0 aliphatic carbocycles. The first-order valence-corrected chi connectivity index (χ1v) is 7.55. The van der Waals surface area contributed by atoms with Gasteiger partial charge in [0.2, 0.25) is 5.91 Å². The number of aromatic nitrogens is 2. The Balaban J connectivity index is 2.19. The van der Waals surface area contributed by atoms with E-state index < -0.39 is 0 Å². The summed E-state index contributed by atoms with van der Waals surface area (Å²) in [6, 6.07) is 5.60. The first-order chi connectivity index (χ1) is 10.2. The Morgan fingerprint density at radius 2 is 2.29 bits per heavy atom. The highest BCUT2D eigenvalue weighted by Crippen LogP contribution is 2.32. The van der Waals surface area contributed by atoms with Gasteiger partial charge in [-0.05, 0) is 18.6 Å². The predicted octanol–water partition coefficient (Wildman–Crippen LogP) is 2.23. The molecule has 1 amide bonds. The van der Waals surface area contributed by atoms with Gasteiger partial charge in [0.05, 0.1) is 12.6 Å². The third kappa shape index (κ3) is 2.25. The Bertz CT molecular complexity index is 683. The number of aryl methyl sites for hydroxylation is 1. The van der Waals surface area contributed by atoms with Crippen molar-refractivity contribution in [2.75, 3.05) is 26.6 Å². The molecule has 0 bridgehead atoms. The fraction of sp³-hybridized carbons (Fsp3) is 0.467. The van der Waals surface area contributed by atoms with Crippen molar-refractivity contribution >= 4 is 28.5 Å². The zero-order valence-electron chi connectivity index (χ0n) is 12.2. The van der Waals surface area contributed by atoms with E-state index >= 15 is 0 Å². The summed E-state index contributed by atoms with van der Waals surface area (Å²) in [7, 11) is 3.47. The van der Waals surface area contributed by atoms with Crippen LogP contribution in [0.3, 0.4) is 0 Å². The molecule has 2 aromatic rings. The normalized spacial score (nSPS) is 18.7. The molecule has 6 heteroatoms. The fourth-order valence-corrected chi connectivity index (χ4v) is 3.13. The summed E-state index contributed by atoms with van der Waals surface area (Å²) in [5.74, 6) is 2.18. The molecule has 1 aliphatic heterocycles. The van der Waals surface area contributed by atoms with E-state index in [2.05, 4.69) is 4.98 Å². The number of likely N-dealkylation sites (N-methyl/N-ethyl adjacent to an activating group) is 1. The van der Waals surface area contributed by atoms with Gasteiger partial charge in [0.15, 0.2) is 0 Å². The maximum Gasteiger partial charge on any atom is 0.245 e. The lowest BCUT2D eigenvalue weighted by Gasteiger charge is -2.15. The Labute approximate surface area is 128 Å². The van der Waals surface area contributed by atoms with Crippen LogP contribution in [0.2, 0.25) is 0 Å². The minimum absolute atomic E-state index is 0.132. The monoisotopic (exact) mass is 307 g/mol. The van der Waals surface area contributed by atoms with Gasteiger partial charge in [0.1, 0.15) is 23.1 Å². The van der Waals surface area contributed by atoms with Gasteiger partial charge in [-0.2, -0.15) is 0 Å². The lowest BCUT2D eigenvalue weighted by Crippen LogP contribution is -2.25. The number of hydrogen-bond acceptors (Lipinski definition) is 3. The molecule has 1 aliphatic rings. The molecule has 2 heterocycles. The van der Waals surface area contributed by atoms with Gasteiger partial charge >= 0.3 is 0 Å². The van der Waals surface area contributed by atoms with Crippen LogP contribution in [0.15, 0.2) is 18.2 Å². The van der Waals surface area contributed by atoms with Crippen LogP contribution in [0, 0.1) is 0 Å². The second kappa shape index (κ2) is 5.56. The number of imidazole rings is 1. The Morgan fingerprint density at radius 3 is 2.90 bits per heavy atom. The summed E-state index contributed by atoms with van der Waals surface area (Å²) in [4.78, 5) is 18.8. The van der Waals surface area contributed by atoms with Crippen LogP contribution in [0.4, 0.5) is 0 Å². The van der Waals surface area contributed by atoms with E-state index in [1.54, 1.807) is 12.0 Å². The number of methoxy groups -OCH3 is 1. The number of fused-ring (bicyclic) bond motifs is 1. The van der Waals surface area contributed by atoms with Crippen molar-refractivity contribution in [3.63, 3.8) is 0 Å². The maximum atomic E-state index is 12.4. The molecule has 0 radical (unpaired) electrons. The molecule has 0 saturated carbocycles. The molecule has 21 heavy (non-hydrogen) atoms. The molecule has 1 aromatic carbocycles. The Kier molecular flexibility index (Phi) is 3.76. The summed E-state index contributed by atoms with van der Waals surface area (Å²) in [6.07, 6.45) is 1.43. The molecule has 1 atom stereocenters. The SMILES string of the molecule is COc1cccc2c1nc(CCCl)n2C1CCN(C)C1=O. The number of carbonyl (C=O) groups is 1. The van der Waals surface area contributed by atoms with Crippen molar-refractivity contribution in [3.05, 3.63) is 24.0 Å². The molecular formula is C15H18ClN3O2. The average molecular weight is 308 g/mol. The van der Waals surface area contributed by atoms with Crippen LogP contribution in [0.5, 0.6) is 5.75 Å². The summed E-state index contributed by atoms with van der Waals surface area (Å²) in [5, 5.41) is 0. The summed E-state index contributed by atoms with van der Waals surface area (Å²) < 4.78 is 7.41. The van der Waals surface area contributed by atoms with E-state index in [9.17, 15) is 4.79 Å². The van der Waals surface area contributed by atoms with Crippen LogP contribution < -0.4 is 4.74 Å². The maximum absolute atomic E-state index is 12.4. The molecule has 5 nitrogen and oxygen atoms in total. The van der Waals surface area contributed by atoms with Gasteiger partial charge in [0, 0.05) is 25.9 Å². The topological polar surface area (TPSA) is 47.4 Å². The summed E-state index contributed by atoms with van der Waals surface area (Å²) >= 11 is 5.90. The molecule has 1 saturated heterocycles. The zero-order valence-corrected chi connectivity index (χ0v) is 12.9. The van der Waals surface area contributed by atoms with Crippen molar-refractivity contribution in [1.29, 1.82) is 0 Å². The van der Waals surface area contributed by atoms with Gasteiger partial charge in [-0.3, -0.25) is 4.79 Å². The minimum atomic E-state index is -0.190. The highest BCUT2D eigenvalue weighted by molar-refractivity contribution is 6.18. The second-order valence-corrected chi connectivity index (χ2v) is 5.61. The summed E-state index contributed by atoms with van der Waals surface area (Å²) in [5.41, 5.74) is 1.73. The van der Waals surface area contributed by atoms with E-state index in [1.807, 2.05) is 29.8 Å². The molecule has 0 N–H and O–H groups in total. The molecular weight excluding hydrogens is 290 g/mol. The van der Waals surface area contributed by atoms with Crippen molar-refractivity contribution in [3.8, 4) is 5.75 Å². The number of ether oxygens (including phenoxy) is 1. The molecule has 1 unspecified atom stereocenters. The van der Waals surface area contributed by atoms with Gasteiger partial charge in [-0.25, -0.2) is 4.98 Å². The van der Waals surface area contributed by atoms with Crippen LogP contribution in [0.1, 0.15) is 18.3 Å². The van der Waals surface area contributed by atoms with E-state index in [0.29, 0.717) is 12.3 Å². The van der Waals surface area contributed by atoms with Gasteiger partial charge in [-0.1, -0.05) is 6.07 Å². The average Bonchev–Trinajstić information content (AvgIpc) is 3.00. The zero-order chi connectivity index (χ0) is 15.0. The molecule has 3 rings (SSSR count). The Morgan fingerprint density at radius 1 is 1.48 bits per heavy atom. The fourth-order valence-electron chi connectivity index (χ4n) is 2.96. The van der Waals surface area contributed by atoms with E-state index in [4.69, 9.17) is 16.3 Å². The number of halogens is 1. The predicted molar refractivity (Wildman–Crippen MR) is 82.0 cm³/mol. The number of carbonyl (C=O) groups excluding carboxylic acids is 1. The molecule has 0 spiro atoms. The van der Waals surface area contributed by atoms with Crippen molar-refractivity contribution in [2.24, 2.45) is 0 Å². The van der Waals surface area contributed by atoms with E-state index in [0.717, 1.165) is 35.6 Å². The standard InChI is InChI=1S/C15H18ClN3O2/c1-18-9-7-11(15(18)20)19-10-4-3-5-12(21-2)14(10)17-13(19)6-8-16/h3-5,11H,6-9H2,1-2H3. The van der Waals surface area contributed by atoms with Crippen molar-refractivity contribution < 1.29 is 9.53 Å². The van der Waals surface area contributed by atoms with Gasteiger partial charge < -0.3 is 14.2 Å². The number of benzene rings is 1. The molecule has 1 aromatic heterocycles. The quantitative estimate of drug-likeness (QED) is 0.814. The number of likely N-dealkylation sites (tertiary alicyclic amines) is 1. The van der Waals surface area contributed by atoms with E-state index in [1.165, 1.54) is 0 Å². The highest BCUT2D eigenvalue weighted by atomic mass is 35.5. The molecule has 112 valence electrons. The number of amides is 1. The van der Waals surface area contributed by atoms with Crippen LogP contribution in [-0.2, 0) is 11.2 Å². The third-order valence-electron chi connectivity index (χ3n) is 4.01. The van der Waals surface area contributed by atoms with Crippen LogP contribution in [-0.4, -0.2) is 46.9 Å². The van der Waals surface area contributed by atoms with E-state index in [-0.39, 0.29) is 11.9 Å². The number of rotatable bonds is 4. The molecule has 1 fully saturated rings. The third-order valence-corrected chi connectivity index (χ3v) is 4.19. The van der Waals surface area contributed by atoms with Crippen LogP contribution in [0.25, 0.3) is 11.0 Å². The van der Waals surface area contributed by atoms with Crippen LogP contribution >= 0.6 is 11.6 Å². The Hall–Kier alpha value is -1.75. The lowest BCUT2D eigenvalue weighted by atomic mass is 10.2. The van der Waals surface area contributed by atoms with Crippen molar-refractivity contribution in [2.45, 2.75) is 18.9 Å².